The van der Waals surface area contributed by atoms with Gasteiger partial charge in [0.25, 0.3) is 0 Å². The van der Waals surface area contributed by atoms with Gasteiger partial charge in [-0.3, -0.25) is 4.57 Å². The summed E-state index contributed by atoms with van der Waals surface area (Å²) in [6.45, 7) is 0. The number of pyridine rings is 1. The van der Waals surface area contributed by atoms with Crippen LogP contribution in [0.4, 0.5) is 0 Å². The molecular formula is C53H34N6. The number of para-hydroxylation sites is 3. The third-order valence-electron chi connectivity index (χ3n) is 11.6. The maximum Gasteiger partial charge on any atom is 0.163 e. The lowest BCUT2D eigenvalue weighted by Gasteiger charge is -2.12. The number of fused-ring (bicyclic) bond motifs is 7. The Hall–Kier alpha value is -8.09. The fraction of sp³-hybridized carbons (Fsp3) is 0. The summed E-state index contributed by atoms with van der Waals surface area (Å²) in [5.74, 6) is 1.45. The molecule has 6 heteroatoms. The first-order valence-electron chi connectivity index (χ1n) is 19.9. The van der Waals surface area contributed by atoms with Gasteiger partial charge in [-0.15, -0.1) is 0 Å². The lowest BCUT2D eigenvalue weighted by atomic mass is 9.97. The van der Waals surface area contributed by atoms with Crippen LogP contribution in [0.5, 0.6) is 0 Å². The van der Waals surface area contributed by atoms with Crippen LogP contribution in [0.2, 0.25) is 0 Å². The summed E-state index contributed by atoms with van der Waals surface area (Å²) in [7, 11) is 0. The average molecular weight is 755 g/mol. The predicted molar refractivity (Wildman–Crippen MR) is 242 cm³/mol. The van der Waals surface area contributed by atoms with Crippen LogP contribution in [0.1, 0.15) is 0 Å². The van der Waals surface area contributed by atoms with E-state index in [2.05, 4.69) is 208 Å². The van der Waals surface area contributed by atoms with Gasteiger partial charge in [0.05, 0.1) is 22.2 Å². The van der Waals surface area contributed by atoms with Crippen LogP contribution < -0.4 is 0 Å². The van der Waals surface area contributed by atoms with E-state index in [1.807, 2.05) is 12.3 Å². The largest absolute Gasteiger partial charge is 0.316 e. The van der Waals surface area contributed by atoms with E-state index < -0.39 is 0 Å². The summed E-state index contributed by atoms with van der Waals surface area (Å²) in [4.78, 5) is 15.7. The zero-order valence-corrected chi connectivity index (χ0v) is 31.8. The Balaban J connectivity index is 1.00. The van der Waals surface area contributed by atoms with Crippen LogP contribution in [0.15, 0.2) is 207 Å². The molecule has 12 rings (SSSR count). The minimum absolute atomic E-state index is 0.616. The van der Waals surface area contributed by atoms with Crippen LogP contribution in [0, 0.1) is 0 Å². The SMILES string of the molecule is c1ccc(-n2ccc3c2ccc2c4ccccc4n(-c4ccc(-c5nc(-c6ccc(-c7cccc8ccccc78)cc6)c6ccn(-c7ccccc7)c6n5)cn4)c23)cc1. The minimum Gasteiger partial charge on any atom is -0.316 e. The third-order valence-corrected chi connectivity index (χ3v) is 11.6. The Morgan fingerprint density at radius 1 is 0.390 bits per heavy atom. The molecule has 7 aromatic carbocycles. The Morgan fingerprint density at radius 3 is 1.85 bits per heavy atom. The molecule has 0 saturated heterocycles. The third kappa shape index (κ3) is 5.31. The molecule has 0 aliphatic carbocycles. The predicted octanol–water partition coefficient (Wildman–Crippen LogP) is 13.0. The summed E-state index contributed by atoms with van der Waals surface area (Å²) >= 11 is 0. The smallest absolute Gasteiger partial charge is 0.163 e. The molecule has 5 aromatic heterocycles. The van der Waals surface area contributed by atoms with E-state index >= 15 is 0 Å². The molecule has 0 saturated carbocycles. The van der Waals surface area contributed by atoms with Gasteiger partial charge in [0.2, 0.25) is 0 Å². The molecule has 5 heterocycles. The molecule has 0 amide bonds. The quantitative estimate of drug-likeness (QED) is 0.170. The zero-order valence-electron chi connectivity index (χ0n) is 31.8. The van der Waals surface area contributed by atoms with Gasteiger partial charge >= 0.3 is 0 Å². The second kappa shape index (κ2) is 13.3. The van der Waals surface area contributed by atoms with Crippen molar-refractivity contribution in [3.05, 3.63) is 207 Å². The van der Waals surface area contributed by atoms with Crippen molar-refractivity contribution in [2.45, 2.75) is 0 Å². The minimum atomic E-state index is 0.616. The van der Waals surface area contributed by atoms with Crippen molar-refractivity contribution in [1.29, 1.82) is 0 Å². The molecule has 0 aliphatic rings. The standard InChI is InChI=1S/C53H34N6/c1-3-14-39(15-4-1)57-32-30-45-47(57)28-27-44-43-19-9-10-21-48(43)59(51(44)45)49-29-26-38(34-54-49)52-55-50(46-31-33-58(53(46)56-52)40-16-5-2-6-17-40)37-24-22-36(23-25-37)42-20-11-13-35-12-7-8-18-41(35)42/h1-34H. The van der Waals surface area contributed by atoms with E-state index in [-0.39, 0.29) is 0 Å². The number of hydrogen-bond donors (Lipinski definition) is 0. The van der Waals surface area contributed by atoms with Gasteiger partial charge < -0.3 is 9.13 Å². The zero-order chi connectivity index (χ0) is 38.9. The summed E-state index contributed by atoms with van der Waals surface area (Å²) in [5, 5.41) is 7.00. The number of nitrogens with zero attached hydrogens (tertiary/aromatic N) is 6. The topological polar surface area (TPSA) is 53.5 Å². The summed E-state index contributed by atoms with van der Waals surface area (Å²) < 4.78 is 6.68. The van der Waals surface area contributed by atoms with Gasteiger partial charge in [-0.1, -0.05) is 127 Å². The van der Waals surface area contributed by atoms with E-state index in [9.17, 15) is 0 Å². The van der Waals surface area contributed by atoms with Gasteiger partial charge in [-0.05, 0) is 82.6 Å². The monoisotopic (exact) mass is 754 g/mol. The molecule has 0 bridgehead atoms. The van der Waals surface area contributed by atoms with E-state index in [0.29, 0.717) is 5.82 Å². The summed E-state index contributed by atoms with van der Waals surface area (Å²) in [5.41, 5.74) is 11.5. The number of aromatic nitrogens is 6. The number of benzene rings is 7. The molecule has 276 valence electrons. The van der Waals surface area contributed by atoms with Crippen LogP contribution in [-0.2, 0) is 0 Å². The van der Waals surface area contributed by atoms with E-state index in [4.69, 9.17) is 15.0 Å². The average Bonchev–Trinajstić information content (AvgIpc) is 4.04. The molecule has 0 unspecified atom stereocenters. The maximum atomic E-state index is 5.29. The van der Waals surface area contributed by atoms with Crippen LogP contribution >= 0.6 is 0 Å². The van der Waals surface area contributed by atoms with Crippen molar-refractivity contribution in [3.8, 4) is 51.0 Å². The first kappa shape index (κ1) is 33.1. The van der Waals surface area contributed by atoms with Crippen LogP contribution in [0.25, 0.3) is 105 Å². The highest BCUT2D eigenvalue weighted by Crippen LogP contribution is 2.38. The molecule has 12 aromatic rings. The molecule has 59 heavy (non-hydrogen) atoms. The Labute approximate surface area is 339 Å². The lowest BCUT2D eigenvalue weighted by molar-refractivity contribution is 1.07. The highest BCUT2D eigenvalue weighted by Gasteiger charge is 2.20. The summed E-state index contributed by atoms with van der Waals surface area (Å²) in [6.07, 6.45) is 6.16. The van der Waals surface area contributed by atoms with Gasteiger partial charge in [0, 0.05) is 62.6 Å². The Kier molecular flexibility index (Phi) is 7.43. The molecule has 6 nitrogen and oxygen atoms in total. The Morgan fingerprint density at radius 2 is 1.05 bits per heavy atom. The fourth-order valence-electron chi connectivity index (χ4n) is 8.82. The van der Waals surface area contributed by atoms with E-state index in [0.717, 1.165) is 67.2 Å². The van der Waals surface area contributed by atoms with Crippen LogP contribution in [-0.4, -0.2) is 28.7 Å². The van der Waals surface area contributed by atoms with E-state index in [1.165, 1.54) is 32.5 Å². The number of rotatable bonds is 6. The normalized spacial score (nSPS) is 11.7. The number of hydrogen-bond acceptors (Lipinski definition) is 3. The fourth-order valence-corrected chi connectivity index (χ4v) is 8.82. The highest BCUT2D eigenvalue weighted by atomic mass is 15.1. The molecular weight excluding hydrogens is 721 g/mol. The maximum absolute atomic E-state index is 5.29. The second-order valence-electron chi connectivity index (χ2n) is 14.9. The van der Waals surface area contributed by atoms with Crippen molar-refractivity contribution in [2.75, 3.05) is 0 Å². The molecule has 0 atom stereocenters. The molecule has 0 fully saturated rings. The summed E-state index contributed by atoms with van der Waals surface area (Å²) in [6, 6.07) is 66.2. The molecule has 0 radical (unpaired) electrons. The molecule has 0 spiro atoms. The van der Waals surface area contributed by atoms with Crippen molar-refractivity contribution in [1.82, 2.24) is 28.7 Å². The van der Waals surface area contributed by atoms with Crippen molar-refractivity contribution in [2.24, 2.45) is 0 Å². The van der Waals surface area contributed by atoms with Crippen molar-refractivity contribution < 1.29 is 0 Å². The van der Waals surface area contributed by atoms with Gasteiger partial charge in [-0.25, -0.2) is 15.0 Å². The second-order valence-corrected chi connectivity index (χ2v) is 14.9. The van der Waals surface area contributed by atoms with Crippen molar-refractivity contribution in [3.63, 3.8) is 0 Å². The first-order chi connectivity index (χ1) is 29.3. The van der Waals surface area contributed by atoms with Crippen LogP contribution in [0.3, 0.4) is 0 Å². The lowest BCUT2D eigenvalue weighted by Crippen LogP contribution is -2.01. The molecule has 0 aliphatic heterocycles. The van der Waals surface area contributed by atoms with Gasteiger partial charge in [0.1, 0.15) is 11.5 Å². The van der Waals surface area contributed by atoms with E-state index in [1.54, 1.807) is 0 Å². The van der Waals surface area contributed by atoms with Crippen molar-refractivity contribution >= 4 is 54.5 Å². The highest BCUT2D eigenvalue weighted by molar-refractivity contribution is 6.18. The van der Waals surface area contributed by atoms with Gasteiger partial charge in [0.15, 0.2) is 5.82 Å². The Bertz CT molecular complexity index is 3520. The van der Waals surface area contributed by atoms with Gasteiger partial charge in [-0.2, -0.15) is 0 Å². The molecule has 0 N–H and O–H groups in total. The first-order valence-corrected chi connectivity index (χ1v) is 19.9.